The quantitative estimate of drug-likeness (QED) is 0.825. The second kappa shape index (κ2) is 5.06. The van der Waals surface area contributed by atoms with E-state index in [1.807, 2.05) is 6.92 Å². The lowest BCUT2D eigenvalue weighted by molar-refractivity contribution is 0.113. The zero-order chi connectivity index (χ0) is 12.4. The minimum Gasteiger partial charge on any atom is -0.377 e. The number of hydrogen-bond donors (Lipinski definition) is 1. The molecule has 5 heteroatoms. The van der Waals surface area contributed by atoms with E-state index < -0.39 is 17.5 Å². The molecular formula is C12H14F3NO. The van der Waals surface area contributed by atoms with Gasteiger partial charge in [0.25, 0.3) is 0 Å². The van der Waals surface area contributed by atoms with Crippen molar-refractivity contribution >= 4 is 0 Å². The molecular weight excluding hydrogens is 231 g/mol. The fraction of sp³-hybridized carbons (Fsp3) is 0.500. The summed E-state index contributed by atoms with van der Waals surface area (Å²) in [6.07, 6.45) is 0.956. The summed E-state index contributed by atoms with van der Waals surface area (Å²) in [4.78, 5) is 0. The van der Waals surface area contributed by atoms with Crippen LogP contribution in [-0.4, -0.2) is 18.8 Å². The standard InChI is InChI=1S/C12H14F3NO/c1-7-11(2-3-17-7)16-6-8-4-9(13)12(15)10(14)5-8/h4-5,7,11,16H,2-3,6H2,1H3. The number of nitrogens with one attached hydrogen (secondary N) is 1. The lowest BCUT2D eigenvalue weighted by Crippen LogP contribution is -2.34. The van der Waals surface area contributed by atoms with Crippen LogP contribution in [0.4, 0.5) is 13.2 Å². The third-order valence-electron chi connectivity index (χ3n) is 2.99. The largest absolute Gasteiger partial charge is 0.377 e. The zero-order valence-electron chi connectivity index (χ0n) is 9.47. The van der Waals surface area contributed by atoms with Crippen LogP contribution in [0.5, 0.6) is 0 Å². The lowest BCUT2D eigenvalue weighted by Gasteiger charge is -2.16. The Bertz CT molecular complexity index is 388. The molecule has 1 saturated heterocycles. The number of ether oxygens (including phenoxy) is 1. The number of rotatable bonds is 3. The van der Waals surface area contributed by atoms with Gasteiger partial charge < -0.3 is 10.1 Å². The molecule has 94 valence electrons. The Balaban J connectivity index is 1.99. The minimum absolute atomic E-state index is 0.0881. The molecule has 1 heterocycles. The van der Waals surface area contributed by atoms with Crippen LogP contribution in [0, 0.1) is 17.5 Å². The third kappa shape index (κ3) is 2.79. The molecule has 2 atom stereocenters. The molecule has 2 nitrogen and oxygen atoms in total. The zero-order valence-corrected chi connectivity index (χ0v) is 9.47. The molecule has 0 radical (unpaired) electrons. The molecule has 1 aromatic rings. The molecule has 1 N–H and O–H groups in total. The number of benzene rings is 1. The van der Waals surface area contributed by atoms with Gasteiger partial charge in [0.2, 0.25) is 0 Å². The van der Waals surface area contributed by atoms with E-state index in [1.54, 1.807) is 0 Å². The van der Waals surface area contributed by atoms with Crippen LogP contribution in [0.25, 0.3) is 0 Å². The maximum atomic E-state index is 12.9. The Kier molecular flexibility index (Phi) is 3.69. The fourth-order valence-corrected chi connectivity index (χ4v) is 1.96. The summed E-state index contributed by atoms with van der Waals surface area (Å²) >= 11 is 0. The Hall–Kier alpha value is -1.07. The summed E-state index contributed by atoms with van der Waals surface area (Å²) in [6.45, 7) is 2.92. The summed E-state index contributed by atoms with van der Waals surface area (Å²) in [7, 11) is 0. The smallest absolute Gasteiger partial charge is 0.194 e. The van der Waals surface area contributed by atoms with Crippen molar-refractivity contribution in [2.45, 2.75) is 32.0 Å². The second-order valence-electron chi connectivity index (χ2n) is 4.23. The highest BCUT2D eigenvalue weighted by Gasteiger charge is 2.23. The van der Waals surface area contributed by atoms with Crippen LogP contribution >= 0.6 is 0 Å². The van der Waals surface area contributed by atoms with Gasteiger partial charge in [0.1, 0.15) is 0 Å². The Morgan fingerprint density at radius 3 is 2.47 bits per heavy atom. The molecule has 1 aromatic carbocycles. The van der Waals surface area contributed by atoms with Crippen molar-refractivity contribution in [3.05, 3.63) is 35.1 Å². The lowest BCUT2D eigenvalue weighted by atomic mass is 10.1. The summed E-state index contributed by atoms with van der Waals surface area (Å²) in [5, 5.41) is 3.14. The molecule has 0 bridgehead atoms. The summed E-state index contributed by atoms with van der Waals surface area (Å²) in [5.41, 5.74) is 0.389. The minimum atomic E-state index is -1.42. The first-order valence-corrected chi connectivity index (χ1v) is 5.56. The molecule has 1 fully saturated rings. The van der Waals surface area contributed by atoms with E-state index >= 15 is 0 Å². The van der Waals surface area contributed by atoms with Crippen molar-refractivity contribution in [2.75, 3.05) is 6.61 Å². The van der Waals surface area contributed by atoms with E-state index in [-0.39, 0.29) is 12.1 Å². The molecule has 0 spiro atoms. The molecule has 0 aliphatic carbocycles. The van der Waals surface area contributed by atoms with E-state index in [1.165, 1.54) is 0 Å². The van der Waals surface area contributed by atoms with Crippen molar-refractivity contribution in [3.63, 3.8) is 0 Å². The van der Waals surface area contributed by atoms with Gasteiger partial charge in [0, 0.05) is 19.2 Å². The van der Waals surface area contributed by atoms with Crippen molar-refractivity contribution in [1.29, 1.82) is 0 Å². The average Bonchev–Trinajstić information content (AvgIpc) is 2.69. The van der Waals surface area contributed by atoms with E-state index in [0.717, 1.165) is 18.6 Å². The SMILES string of the molecule is CC1OCCC1NCc1cc(F)c(F)c(F)c1. The Morgan fingerprint density at radius 1 is 1.29 bits per heavy atom. The number of hydrogen-bond acceptors (Lipinski definition) is 2. The van der Waals surface area contributed by atoms with Gasteiger partial charge >= 0.3 is 0 Å². The van der Waals surface area contributed by atoms with Gasteiger partial charge in [-0.25, -0.2) is 13.2 Å². The van der Waals surface area contributed by atoms with Gasteiger partial charge in [0.15, 0.2) is 17.5 Å². The van der Waals surface area contributed by atoms with Gasteiger partial charge in [-0.1, -0.05) is 0 Å². The average molecular weight is 245 g/mol. The molecule has 1 aliphatic rings. The molecule has 1 aliphatic heterocycles. The van der Waals surface area contributed by atoms with E-state index in [9.17, 15) is 13.2 Å². The Morgan fingerprint density at radius 2 is 1.94 bits per heavy atom. The molecule has 2 unspecified atom stereocenters. The molecule has 0 aromatic heterocycles. The van der Waals surface area contributed by atoms with Crippen LogP contribution in [0.2, 0.25) is 0 Å². The van der Waals surface area contributed by atoms with Crippen molar-refractivity contribution in [3.8, 4) is 0 Å². The first-order valence-electron chi connectivity index (χ1n) is 5.56. The first-order chi connectivity index (χ1) is 8.08. The van der Waals surface area contributed by atoms with Crippen molar-refractivity contribution in [1.82, 2.24) is 5.32 Å². The van der Waals surface area contributed by atoms with Gasteiger partial charge in [0.05, 0.1) is 6.10 Å². The number of halogens is 3. The van der Waals surface area contributed by atoms with Crippen molar-refractivity contribution < 1.29 is 17.9 Å². The van der Waals surface area contributed by atoms with Gasteiger partial charge in [-0.2, -0.15) is 0 Å². The predicted molar refractivity (Wildman–Crippen MR) is 57.0 cm³/mol. The van der Waals surface area contributed by atoms with Crippen molar-refractivity contribution in [2.24, 2.45) is 0 Å². The fourth-order valence-electron chi connectivity index (χ4n) is 1.96. The first kappa shape index (κ1) is 12.4. The van der Waals surface area contributed by atoms with Gasteiger partial charge in [-0.05, 0) is 31.0 Å². The summed E-state index contributed by atoms with van der Waals surface area (Å²) in [6, 6.07) is 2.18. The normalized spacial score (nSPS) is 24.2. The highest BCUT2D eigenvalue weighted by molar-refractivity contribution is 5.19. The molecule has 0 saturated carbocycles. The molecule has 17 heavy (non-hydrogen) atoms. The van der Waals surface area contributed by atoms with Crippen LogP contribution < -0.4 is 5.32 Å². The maximum Gasteiger partial charge on any atom is 0.194 e. The van der Waals surface area contributed by atoms with E-state index in [2.05, 4.69) is 5.32 Å². The summed E-state index contributed by atoms with van der Waals surface area (Å²) < 4.78 is 44.0. The Labute approximate surface area is 97.8 Å². The topological polar surface area (TPSA) is 21.3 Å². The predicted octanol–water partition coefficient (Wildman–Crippen LogP) is 2.37. The molecule has 0 amide bonds. The van der Waals surface area contributed by atoms with E-state index in [0.29, 0.717) is 18.7 Å². The van der Waals surface area contributed by atoms with Gasteiger partial charge in [-0.15, -0.1) is 0 Å². The molecule has 2 rings (SSSR count). The van der Waals surface area contributed by atoms with Crippen LogP contribution in [-0.2, 0) is 11.3 Å². The van der Waals surface area contributed by atoms with Crippen LogP contribution in [0.3, 0.4) is 0 Å². The second-order valence-corrected chi connectivity index (χ2v) is 4.23. The van der Waals surface area contributed by atoms with Gasteiger partial charge in [-0.3, -0.25) is 0 Å². The summed E-state index contributed by atoms with van der Waals surface area (Å²) in [5.74, 6) is -3.73. The third-order valence-corrected chi connectivity index (χ3v) is 2.99. The monoisotopic (exact) mass is 245 g/mol. The van der Waals surface area contributed by atoms with Crippen LogP contribution in [0.15, 0.2) is 12.1 Å². The van der Waals surface area contributed by atoms with E-state index in [4.69, 9.17) is 4.74 Å². The highest BCUT2D eigenvalue weighted by Crippen LogP contribution is 2.16. The van der Waals surface area contributed by atoms with Crippen LogP contribution in [0.1, 0.15) is 18.9 Å². The highest BCUT2D eigenvalue weighted by atomic mass is 19.2. The maximum absolute atomic E-state index is 12.9.